The van der Waals surface area contributed by atoms with Gasteiger partial charge in [0.25, 0.3) is 0 Å². The fourth-order valence-electron chi connectivity index (χ4n) is 3.50. The second kappa shape index (κ2) is 8.92. The van der Waals surface area contributed by atoms with Gasteiger partial charge in [-0.15, -0.1) is 0 Å². The van der Waals surface area contributed by atoms with E-state index in [0.717, 1.165) is 29.4 Å². The summed E-state index contributed by atoms with van der Waals surface area (Å²) in [5, 5.41) is 4.19. The summed E-state index contributed by atoms with van der Waals surface area (Å²) in [6, 6.07) is 1.87. The van der Waals surface area contributed by atoms with Gasteiger partial charge in [0.1, 0.15) is 22.7 Å². The monoisotopic (exact) mass is 413 g/mol. The van der Waals surface area contributed by atoms with Crippen LogP contribution in [0.1, 0.15) is 43.1 Å². The molecule has 0 amide bonds. The lowest BCUT2D eigenvalue weighted by Gasteiger charge is -2.29. The van der Waals surface area contributed by atoms with Gasteiger partial charge in [-0.1, -0.05) is 0 Å². The van der Waals surface area contributed by atoms with Gasteiger partial charge in [0, 0.05) is 24.4 Å². The molecule has 1 aliphatic rings. The molecule has 2 heterocycles. The zero-order chi connectivity index (χ0) is 21.9. The Morgan fingerprint density at radius 2 is 2.10 bits per heavy atom. The Kier molecular flexibility index (Phi) is 6.51. The molecule has 0 saturated carbocycles. The lowest BCUT2D eigenvalue weighted by Crippen LogP contribution is -2.27. The first-order valence-corrected chi connectivity index (χ1v) is 10.2. The number of nitrogens with zero attached hydrogens (tertiary/aromatic N) is 2. The Balaban J connectivity index is 2.16. The first-order valence-electron chi connectivity index (χ1n) is 10.2. The van der Waals surface area contributed by atoms with Gasteiger partial charge in [-0.05, 0) is 60.0 Å². The Morgan fingerprint density at radius 1 is 1.33 bits per heavy atom. The molecule has 0 fully saturated rings. The normalized spacial score (nSPS) is 14.4. The highest BCUT2D eigenvalue weighted by atomic mass is 16.5. The van der Waals surface area contributed by atoms with Crippen LogP contribution in [0.3, 0.4) is 0 Å². The van der Waals surface area contributed by atoms with Crippen molar-refractivity contribution in [3.8, 4) is 11.5 Å². The van der Waals surface area contributed by atoms with Crippen LogP contribution >= 0.6 is 0 Å². The Morgan fingerprint density at radius 3 is 2.77 bits per heavy atom. The predicted octanol–water partition coefficient (Wildman–Crippen LogP) is 3.97. The van der Waals surface area contributed by atoms with E-state index >= 15 is 0 Å². The lowest BCUT2D eigenvalue weighted by molar-refractivity contribution is 0.0527. The summed E-state index contributed by atoms with van der Waals surface area (Å²) in [5.41, 5.74) is 2.25. The predicted molar refractivity (Wildman–Crippen MR) is 120 cm³/mol. The van der Waals surface area contributed by atoms with Crippen LogP contribution < -0.4 is 14.8 Å². The first kappa shape index (κ1) is 21.9. The SMILES string of the molecule is CCOC(=O)c1cnc2c3c(cc(OC)c2c1NCCCN(C)C)OC(C)(C)C=C3. The molecule has 7 heteroatoms. The second-order valence-electron chi connectivity index (χ2n) is 8.10. The summed E-state index contributed by atoms with van der Waals surface area (Å²) >= 11 is 0. The first-order chi connectivity index (χ1) is 14.3. The molecule has 2 aromatic rings. The zero-order valence-corrected chi connectivity index (χ0v) is 18.7. The van der Waals surface area contributed by atoms with E-state index in [1.165, 1.54) is 0 Å². The molecular formula is C23H31N3O4. The minimum atomic E-state index is -0.413. The summed E-state index contributed by atoms with van der Waals surface area (Å²) in [7, 11) is 5.68. The highest BCUT2D eigenvalue weighted by Gasteiger charge is 2.27. The minimum Gasteiger partial charge on any atom is -0.496 e. The maximum absolute atomic E-state index is 12.6. The van der Waals surface area contributed by atoms with Crippen LogP contribution in [-0.2, 0) is 4.74 Å². The van der Waals surface area contributed by atoms with Crippen molar-refractivity contribution in [2.45, 2.75) is 32.8 Å². The van der Waals surface area contributed by atoms with Crippen LogP contribution in [0.5, 0.6) is 11.5 Å². The largest absolute Gasteiger partial charge is 0.496 e. The summed E-state index contributed by atoms with van der Waals surface area (Å²) in [4.78, 5) is 19.4. The molecule has 1 aliphatic heterocycles. The number of hydrogen-bond acceptors (Lipinski definition) is 7. The second-order valence-corrected chi connectivity index (χ2v) is 8.10. The molecular weight excluding hydrogens is 382 g/mol. The summed E-state index contributed by atoms with van der Waals surface area (Å²) < 4.78 is 17.1. The number of benzene rings is 1. The van der Waals surface area contributed by atoms with Gasteiger partial charge in [-0.25, -0.2) is 4.79 Å². The number of ether oxygens (including phenoxy) is 3. The third kappa shape index (κ3) is 4.51. The van der Waals surface area contributed by atoms with Crippen molar-refractivity contribution in [1.82, 2.24) is 9.88 Å². The third-order valence-electron chi connectivity index (χ3n) is 4.93. The third-order valence-corrected chi connectivity index (χ3v) is 4.93. The van der Waals surface area contributed by atoms with Crippen molar-refractivity contribution in [2.24, 2.45) is 0 Å². The average molecular weight is 414 g/mol. The fourth-order valence-corrected chi connectivity index (χ4v) is 3.50. The standard InChI is InChI=1S/C23H31N3O4/c1-7-29-22(27)16-14-25-20-15-9-10-23(2,3)30-17(15)13-18(28-6)19(20)21(16)24-11-8-12-26(4)5/h9-10,13-14H,7-8,11-12H2,1-6H3,(H,24,25). The van der Waals surface area contributed by atoms with E-state index < -0.39 is 11.6 Å². The van der Waals surface area contributed by atoms with Crippen LogP contribution in [0.15, 0.2) is 18.3 Å². The summed E-state index contributed by atoms with van der Waals surface area (Å²) in [5.74, 6) is 0.903. The van der Waals surface area contributed by atoms with Crippen molar-refractivity contribution in [1.29, 1.82) is 0 Å². The van der Waals surface area contributed by atoms with E-state index in [1.54, 1.807) is 20.2 Å². The van der Waals surface area contributed by atoms with Crippen LogP contribution in [0, 0.1) is 0 Å². The van der Waals surface area contributed by atoms with Crippen LogP contribution in [0.25, 0.3) is 17.0 Å². The van der Waals surface area contributed by atoms with E-state index in [0.29, 0.717) is 35.9 Å². The molecule has 0 atom stereocenters. The zero-order valence-electron chi connectivity index (χ0n) is 18.7. The molecule has 0 aliphatic carbocycles. The van der Waals surface area contributed by atoms with Crippen molar-refractivity contribution >= 4 is 28.6 Å². The molecule has 1 aromatic carbocycles. The molecule has 1 N–H and O–H groups in total. The van der Waals surface area contributed by atoms with Gasteiger partial charge in [0.05, 0.1) is 30.3 Å². The number of esters is 1. The number of fused-ring (bicyclic) bond motifs is 3. The molecule has 0 radical (unpaired) electrons. The number of carbonyl (C=O) groups is 1. The average Bonchev–Trinajstić information content (AvgIpc) is 2.69. The molecule has 162 valence electrons. The molecule has 1 aromatic heterocycles. The summed E-state index contributed by atoms with van der Waals surface area (Å²) in [6.07, 6.45) is 6.52. The number of hydrogen-bond donors (Lipinski definition) is 1. The number of pyridine rings is 1. The highest BCUT2D eigenvalue weighted by Crippen LogP contribution is 2.43. The molecule has 3 rings (SSSR count). The van der Waals surface area contributed by atoms with Crippen LogP contribution in [0.2, 0.25) is 0 Å². The fraction of sp³-hybridized carbons (Fsp3) is 0.478. The van der Waals surface area contributed by atoms with Gasteiger partial charge >= 0.3 is 5.97 Å². The molecule has 0 unspecified atom stereocenters. The minimum absolute atomic E-state index is 0.296. The number of carbonyl (C=O) groups excluding carboxylic acids is 1. The van der Waals surface area contributed by atoms with E-state index in [-0.39, 0.29) is 0 Å². The summed E-state index contributed by atoms with van der Waals surface area (Å²) in [6.45, 7) is 7.71. The van der Waals surface area contributed by atoms with E-state index in [2.05, 4.69) is 15.2 Å². The van der Waals surface area contributed by atoms with E-state index in [4.69, 9.17) is 14.2 Å². The Hall–Kier alpha value is -2.80. The Labute approximate surface area is 178 Å². The van der Waals surface area contributed by atoms with Gasteiger partial charge in [-0.2, -0.15) is 0 Å². The maximum atomic E-state index is 12.6. The molecule has 30 heavy (non-hydrogen) atoms. The van der Waals surface area contributed by atoms with Gasteiger partial charge in [0.2, 0.25) is 0 Å². The number of nitrogens with one attached hydrogen (secondary N) is 1. The van der Waals surface area contributed by atoms with Crippen LogP contribution in [0.4, 0.5) is 5.69 Å². The smallest absolute Gasteiger partial charge is 0.341 e. The molecule has 7 nitrogen and oxygen atoms in total. The van der Waals surface area contributed by atoms with Crippen molar-refractivity contribution in [3.05, 3.63) is 29.5 Å². The molecule has 0 bridgehead atoms. The van der Waals surface area contributed by atoms with E-state index in [1.807, 2.05) is 46.2 Å². The molecule has 0 spiro atoms. The van der Waals surface area contributed by atoms with Gasteiger partial charge in [-0.3, -0.25) is 4.98 Å². The number of anilines is 1. The highest BCUT2D eigenvalue weighted by molar-refractivity contribution is 6.10. The van der Waals surface area contributed by atoms with Gasteiger partial charge < -0.3 is 24.4 Å². The number of rotatable bonds is 8. The quantitative estimate of drug-likeness (QED) is 0.518. The lowest BCUT2D eigenvalue weighted by atomic mass is 9.98. The van der Waals surface area contributed by atoms with E-state index in [9.17, 15) is 4.79 Å². The van der Waals surface area contributed by atoms with Crippen molar-refractivity contribution < 1.29 is 19.0 Å². The van der Waals surface area contributed by atoms with Crippen LogP contribution in [-0.4, -0.2) is 62.4 Å². The topological polar surface area (TPSA) is 72.9 Å². The number of aromatic nitrogens is 1. The van der Waals surface area contributed by atoms with Crippen molar-refractivity contribution in [3.63, 3.8) is 0 Å². The van der Waals surface area contributed by atoms with Gasteiger partial charge in [0.15, 0.2) is 0 Å². The van der Waals surface area contributed by atoms with Crippen molar-refractivity contribution in [2.75, 3.05) is 46.2 Å². The molecule has 0 saturated heterocycles. The Bertz CT molecular complexity index is 967. The number of methoxy groups -OCH3 is 1. The maximum Gasteiger partial charge on any atom is 0.341 e.